The smallest absolute Gasteiger partial charge is 0.129 e. The van der Waals surface area contributed by atoms with Crippen molar-refractivity contribution in [2.45, 2.75) is 20.1 Å². The summed E-state index contributed by atoms with van der Waals surface area (Å²) in [6.45, 7) is 2.55. The van der Waals surface area contributed by atoms with Crippen molar-refractivity contribution in [3.05, 3.63) is 47.7 Å². The number of hydrogen-bond acceptors (Lipinski definition) is 4. The maximum Gasteiger partial charge on any atom is 0.129 e. The summed E-state index contributed by atoms with van der Waals surface area (Å²) < 4.78 is 5.36. The van der Waals surface area contributed by atoms with Crippen LogP contribution in [-0.2, 0) is 13.2 Å². The molecule has 84 valence electrons. The van der Waals surface area contributed by atoms with E-state index >= 15 is 0 Å². The van der Waals surface area contributed by atoms with Gasteiger partial charge in [0.1, 0.15) is 18.1 Å². The minimum Gasteiger partial charge on any atom is -0.462 e. The zero-order valence-corrected chi connectivity index (χ0v) is 9.10. The van der Waals surface area contributed by atoms with Crippen LogP contribution >= 0.6 is 0 Å². The highest BCUT2D eigenvalue weighted by Crippen LogP contribution is 2.14. The summed E-state index contributed by atoms with van der Waals surface area (Å²) in [5.41, 5.74) is 2.13. The van der Waals surface area contributed by atoms with E-state index in [1.165, 1.54) is 0 Å². The second-order valence-corrected chi connectivity index (χ2v) is 3.57. The van der Waals surface area contributed by atoms with Gasteiger partial charge in [-0.1, -0.05) is 0 Å². The molecule has 0 saturated carbocycles. The van der Waals surface area contributed by atoms with Crippen LogP contribution in [0.2, 0.25) is 0 Å². The number of nitrogens with one attached hydrogen (secondary N) is 1. The van der Waals surface area contributed by atoms with Gasteiger partial charge in [-0.25, -0.2) is 0 Å². The number of pyridine rings is 1. The molecule has 0 radical (unpaired) electrons. The molecule has 0 aromatic carbocycles. The van der Waals surface area contributed by atoms with E-state index < -0.39 is 0 Å². The molecule has 16 heavy (non-hydrogen) atoms. The van der Waals surface area contributed by atoms with Crippen LogP contribution in [0.4, 0.5) is 5.69 Å². The lowest BCUT2D eigenvalue weighted by Gasteiger charge is -2.06. The molecule has 0 fully saturated rings. The first kappa shape index (κ1) is 10.7. The Morgan fingerprint density at radius 3 is 2.81 bits per heavy atom. The first-order valence-electron chi connectivity index (χ1n) is 5.12. The molecule has 0 bridgehead atoms. The van der Waals surface area contributed by atoms with Gasteiger partial charge in [-0.05, 0) is 30.7 Å². The quantitative estimate of drug-likeness (QED) is 0.825. The molecule has 0 amide bonds. The van der Waals surface area contributed by atoms with Gasteiger partial charge in [0.25, 0.3) is 0 Å². The Kier molecular flexibility index (Phi) is 3.22. The normalized spacial score (nSPS) is 10.4. The number of aliphatic hydroxyl groups excluding tert-OH is 1. The predicted molar refractivity (Wildman–Crippen MR) is 60.9 cm³/mol. The van der Waals surface area contributed by atoms with Gasteiger partial charge in [-0.3, -0.25) is 4.98 Å². The third kappa shape index (κ3) is 2.41. The number of aliphatic hydroxyl groups is 1. The third-order valence-electron chi connectivity index (χ3n) is 2.37. The summed E-state index contributed by atoms with van der Waals surface area (Å²) >= 11 is 0. The van der Waals surface area contributed by atoms with Gasteiger partial charge in [0.2, 0.25) is 0 Å². The van der Waals surface area contributed by atoms with Gasteiger partial charge in [-0.15, -0.1) is 0 Å². The number of aryl methyl sites for hydroxylation is 1. The second-order valence-electron chi connectivity index (χ2n) is 3.57. The highest BCUT2D eigenvalue weighted by atomic mass is 16.4. The molecule has 0 spiro atoms. The first-order valence-corrected chi connectivity index (χ1v) is 5.12. The van der Waals surface area contributed by atoms with E-state index in [4.69, 9.17) is 9.52 Å². The fourth-order valence-corrected chi connectivity index (χ4v) is 1.43. The Balaban J connectivity index is 1.99. The number of nitrogens with zero attached hydrogens (tertiary/aromatic N) is 1. The zero-order valence-electron chi connectivity index (χ0n) is 9.10. The highest BCUT2D eigenvalue weighted by Gasteiger charge is 2.02. The number of rotatable bonds is 4. The molecule has 0 unspecified atom stereocenters. The first-order chi connectivity index (χ1) is 7.79. The van der Waals surface area contributed by atoms with Crippen LogP contribution in [0.3, 0.4) is 0 Å². The molecule has 2 heterocycles. The lowest BCUT2D eigenvalue weighted by atomic mass is 10.2. The largest absolute Gasteiger partial charge is 0.462 e. The lowest BCUT2D eigenvalue weighted by molar-refractivity contribution is 0.244. The van der Waals surface area contributed by atoms with Crippen molar-refractivity contribution in [1.29, 1.82) is 0 Å². The Labute approximate surface area is 93.9 Å². The van der Waals surface area contributed by atoms with Crippen LogP contribution in [0.15, 0.2) is 35.0 Å². The van der Waals surface area contributed by atoms with Crippen LogP contribution in [-0.4, -0.2) is 10.1 Å². The number of aromatic nitrogens is 1. The summed E-state index contributed by atoms with van der Waals surface area (Å²) in [4.78, 5) is 4.05. The molecule has 4 nitrogen and oxygen atoms in total. The van der Waals surface area contributed by atoms with Gasteiger partial charge in [0.15, 0.2) is 0 Å². The van der Waals surface area contributed by atoms with E-state index in [1.807, 2.05) is 19.1 Å². The van der Waals surface area contributed by atoms with Crippen molar-refractivity contribution in [3.8, 4) is 0 Å². The molecular formula is C12H14N2O2. The van der Waals surface area contributed by atoms with Crippen LogP contribution in [0.25, 0.3) is 0 Å². The molecule has 2 aromatic rings. The molecule has 0 saturated heterocycles. The molecule has 0 atom stereocenters. The summed E-state index contributed by atoms with van der Waals surface area (Å²) in [6.07, 6.45) is 3.54. The molecule has 0 aliphatic carbocycles. The highest BCUT2D eigenvalue weighted by molar-refractivity contribution is 5.47. The van der Waals surface area contributed by atoms with E-state index in [9.17, 15) is 0 Å². The maximum atomic E-state index is 8.86. The van der Waals surface area contributed by atoms with Crippen molar-refractivity contribution in [2.24, 2.45) is 0 Å². The van der Waals surface area contributed by atoms with Crippen molar-refractivity contribution in [1.82, 2.24) is 4.98 Å². The van der Waals surface area contributed by atoms with E-state index in [1.54, 1.807) is 18.5 Å². The lowest BCUT2D eigenvalue weighted by Crippen LogP contribution is -2.00. The fourth-order valence-electron chi connectivity index (χ4n) is 1.43. The van der Waals surface area contributed by atoms with Crippen LogP contribution < -0.4 is 5.32 Å². The monoisotopic (exact) mass is 218 g/mol. The molecule has 2 N–H and O–H groups in total. The Hall–Kier alpha value is -1.81. The number of anilines is 1. The van der Waals surface area contributed by atoms with E-state index in [0.29, 0.717) is 12.3 Å². The summed E-state index contributed by atoms with van der Waals surface area (Å²) in [5.74, 6) is 1.38. The van der Waals surface area contributed by atoms with Gasteiger partial charge >= 0.3 is 0 Å². The molecule has 2 rings (SSSR count). The molecule has 0 aliphatic heterocycles. The summed E-state index contributed by atoms with van der Waals surface area (Å²) in [7, 11) is 0. The Morgan fingerprint density at radius 2 is 2.12 bits per heavy atom. The van der Waals surface area contributed by atoms with Gasteiger partial charge in [-0.2, -0.15) is 0 Å². The topological polar surface area (TPSA) is 58.3 Å². The van der Waals surface area contributed by atoms with Gasteiger partial charge < -0.3 is 14.8 Å². The Bertz CT molecular complexity index is 466. The number of hydrogen-bond donors (Lipinski definition) is 2. The van der Waals surface area contributed by atoms with Crippen LogP contribution in [0, 0.1) is 6.92 Å². The molecule has 0 aliphatic rings. The second kappa shape index (κ2) is 4.81. The summed E-state index contributed by atoms with van der Waals surface area (Å²) in [5, 5.41) is 12.1. The average molecular weight is 218 g/mol. The van der Waals surface area contributed by atoms with Crippen molar-refractivity contribution >= 4 is 5.69 Å². The minimum atomic E-state index is -0.0636. The molecular weight excluding hydrogens is 204 g/mol. The molecule has 4 heteroatoms. The van der Waals surface area contributed by atoms with Crippen LogP contribution in [0.5, 0.6) is 0 Å². The minimum absolute atomic E-state index is 0.0636. The third-order valence-corrected chi connectivity index (χ3v) is 2.37. The van der Waals surface area contributed by atoms with E-state index in [-0.39, 0.29) is 6.61 Å². The maximum absolute atomic E-state index is 8.86. The predicted octanol–water partition coefficient (Wildman–Crippen LogP) is 2.09. The van der Waals surface area contributed by atoms with E-state index in [0.717, 1.165) is 17.0 Å². The standard InChI is InChI=1S/C12H14N2O2/c1-9-4-5-13-7-12(9)14-6-10-2-3-11(8-15)16-10/h2-5,7,14-15H,6,8H2,1H3. The average Bonchev–Trinajstić information content (AvgIpc) is 2.76. The fraction of sp³-hybridized carbons (Fsp3) is 0.250. The van der Waals surface area contributed by atoms with Gasteiger partial charge in [0.05, 0.1) is 18.4 Å². The summed E-state index contributed by atoms with van der Waals surface area (Å²) in [6, 6.07) is 5.57. The van der Waals surface area contributed by atoms with E-state index in [2.05, 4.69) is 10.3 Å². The van der Waals surface area contributed by atoms with Crippen molar-refractivity contribution in [2.75, 3.05) is 5.32 Å². The zero-order chi connectivity index (χ0) is 11.4. The van der Waals surface area contributed by atoms with Crippen molar-refractivity contribution < 1.29 is 9.52 Å². The van der Waals surface area contributed by atoms with Crippen LogP contribution in [0.1, 0.15) is 17.1 Å². The Morgan fingerprint density at radius 1 is 1.31 bits per heavy atom. The number of furan rings is 1. The molecule has 2 aromatic heterocycles. The van der Waals surface area contributed by atoms with Crippen molar-refractivity contribution in [3.63, 3.8) is 0 Å². The van der Waals surface area contributed by atoms with Gasteiger partial charge in [0, 0.05) is 6.20 Å². The SMILES string of the molecule is Cc1ccncc1NCc1ccc(CO)o1.